The minimum Gasteiger partial charge on any atom is -0.490 e. The van der Waals surface area contributed by atoms with Crippen LogP contribution in [0.3, 0.4) is 0 Å². The van der Waals surface area contributed by atoms with E-state index in [-0.39, 0.29) is 11.7 Å². The van der Waals surface area contributed by atoms with Crippen molar-refractivity contribution in [3.63, 3.8) is 0 Å². The number of carbonyl (C=O) groups is 1. The van der Waals surface area contributed by atoms with E-state index in [4.69, 9.17) is 21.1 Å². The fourth-order valence-corrected chi connectivity index (χ4v) is 3.18. The van der Waals surface area contributed by atoms with E-state index in [0.29, 0.717) is 35.4 Å². The zero-order chi connectivity index (χ0) is 16.1. The van der Waals surface area contributed by atoms with E-state index < -0.39 is 0 Å². The molecule has 0 aliphatic carbocycles. The first-order valence-electron chi connectivity index (χ1n) is 7.29. The smallest absolute Gasteiger partial charge is 0.234 e. The first-order chi connectivity index (χ1) is 11.2. The van der Waals surface area contributed by atoms with Crippen molar-refractivity contribution in [2.45, 2.75) is 11.3 Å². The molecule has 0 unspecified atom stereocenters. The van der Waals surface area contributed by atoms with Gasteiger partial charge in [-0.2, -0.15) is 0 Å². The van der Waals surface area contributed by atoms with Crippen molar-refractivity contribution >= 4 is 35.0 Å². The van der Waals surface area contributed by atoms with Crippen molar-refractivity contribution in [1.82, 2.24) is 0 Å². The van der Waals surface area contributed by atoms with Gasteiger partial charge >= 0.3 is 0 Å². The Bertz CT molecular complexity index is 708. The maximum Gasteiger partial charge on any atom is 0.234 e. The van der Waals surface area contributed by atoms with Gasteiger partial charge in [0, 0.05) is 23.1 Å². The van der Waals surface area contributed by atoms with Crippen LogP contribution < -0.4 is 14.8 Å². The van der Waals surface area contributed by atoms with Gasteiger partial charge in [0.1, 0.15) is 0 Å². The predicted octanol–water partition coefficient (Wildman–Crippen LogP) is 4.23. The monoisotopic (exact) mass is 349 g/mol. The second kappa shape index (κ2) is 7.62. The second-order valence-corrected chi connectivity index (χ2v) is 6.40. The molecule has 120 valence electrons. The SMILES string of the molecule is O=C(CSc1ccccc1Cl)Nc1ccc2c(c1)OCCCO2. The third kappa shape index (κ3) is 4.33. The van der Waals surface area contributed by atoms with Gasteiger partial charge in [-0.25, -0.2) is 0 Å². The second-order valence-electron chi connectivity index (χ2n) is 4.98. The summed E-state index contributed by atoms with van der Waals surface area (Å²) in [7, 11) is 0. The maximum atomic E-state index is 12.1. The maximum absolute atomic E-state index is 12.1. The first-order valence-corrected chi connectivity index (χ1v) is 8.65. The number of fused-ring (bicyclic) bond motifs is 1. The number of amides is 1. The third-order valence-electron chi connectivity index (χ3n) is 3.23. The molecule has 2 aromatic rings. The van der Waals surface area contributed by atoms with Crippen molar-refractivity contribution in [3.05, 3.63) is 47.5 Å². The fraction of sp³-hybridized carbons (Fsp3) is 0.235. The summed E-state index contributed by atoms with van der Waals surface area (Å²) >= 11 is 7.49. The average Bonchev–Trinajstić information content (AvgIpc) is 2.79. The number of ether oxygens (including phenoxy) is 2. The summed E-state index contributed by atoms with van der Waals surface area (Å²) in [6.07, 6.45) is 0.852. The molecule has 0 saturated carbocycles. The lowest BCUT2D eigenvalue weighted by Crippen LogP contribution is -2.14. The summed E-state index contributed by atoms with van der Waals surface area (Å²) in [5.74, 6) is 1.58. The van der Waals surface area contributed by atoms with Crippen LogP contribution in [0, 0.1) is 0 Å². The summed E-state index contributed by atoms with van der Waals surface area (Å²) in [5.41, 5.74) is 0.694. The summed E-state index contributed by atoms with van der Waals surface area (Å²) in [6.45, 7) is 1.26. The molecule has 6 heteroatoms. The number of rotatable bonds is 4. The van der Waals surface area contributed by atoms with Gasteiger partial charge in [0.25, 0.3) is 0 Å². The molecule has 1 heterocycles. The van der Waals surface area contributed by atoms with Gasteiger partial charge in [-0.05, 0) is 24.3 Å². The lowest BCUT2D eigenvalue weighted by atomic mass is 10.2. The Morgan fingerprint density at radius 3 is 2.74 bits per heavy atom. The van der Waals surface area contributed by atoms with Gasteiger partial charge in [-0.15, -0.1) is 11.8 Å². The lowest BCUT2D eigenvalue weighted by Gasteiger charge is -2.10. The van der Waals surface area contributed by atoms with E-state index in [1.807, 2.05) is 36.4 Å². The van der Waals surface area contributed by atoms with E-state index in [2.05, 4.69) is 5.32 Å². The molecule has 1 N–H and O–H groups in total. The minimum atomic E-state index is -0.0931. The number of anilines is 1. The predicted molar refractivity (Wildman–Crippen MR) is 92.9 cm³/mol. The number of benzene rings is 2. The number of hydrogen-bond acceptors (Lipinski definition) is 4. The molecule has 0 atom stereocenters. The molecular formula is C17H16ClNO3S. The molecule has 0 saturated heterocycles. The molecule has 0 bridgehead atoms. The van der Waals surface area contributed by atoms with Gasteiger partial charge in [0.05, 0.1) is 24.0 Å². The van der Waals surface area contributed by atoms with Crippen LogP contribution in [0.5, 0.6) is 11.5 Å². The van der Waals surface area contributed by atoms with Crippen LogP contribution >= 0.6 is 23.4 Å². The quantitative estimate of drug-likeness (QED) is 0.839. The standard InChI is InChI=1S/C17H16ClNO3S/c18-13-4-1-2-5-16(13)23-11-17(20)19-12-6-7-14-15(10-12)22-9-3-8-21-14/h1-2,4-7,10H,3,8-9,11H2,(H,19,20). The van der Waals surface area contributed by atoms with E-state index in [9.17, 15) is 4.79 Å². The van der Waals surface area contributed by atoms with E-state index >= 15 is 0 Å². The number of halogens is 1. The molecule has 1 aliphatic rings. The Morgan fingerprint density at radius 1 is 1.13 bits per heavy atom. The Hall–Kier alpha value is -1.85. The zero-order valence-electron chi connectivity index (χ0n) is 12.4. The third-order valence-corrected chi connectivity index (χ3v) is 4.74. The summed E-state index contributed by atoms with van der Waals surface area (Å²) in [4.78, 5) is 13.0. The van der Waals surface area contributed by atoms with Crippen LogP contribution in [0.25, 0.3) is 0 Å². The Morgan fingerprint density at radius 2 is 1.91 bits per heavy atom. The van der Waals surface area contributed by atoms with Crippen LogP contribution in [0.1, 0.15) is 6.42 Å². The highest BCUT2D eigenvalue weighted by Crippen LogP contribution is 2.32. The lowest BCUT2D eigenvalue weighted by molar-refractivity contribution is -0.113. The minimum absolute atomic E-state index is 0.0931. The molecule has 4 nitrogen and oxygen atoms in total. The summed E-state index contributed by atoms with van der Waals surface area (Å²) in [5, 5.41) is 3.52. The van der Waals surface area contributed by atoms with Gasteiger partial charge in [-0.1, -0.05) is 23.7 Å². The average molecular weight is 350 g/mol. The molecule has 2 aromatic carbocycles. The van der Waals surface area contributed by atoms with Crippen LogP contribution in [-0.2, 0) is 4.79 Å². The highest BCUT2D eigenvalue weighted by Gasteiger charge is 2.12. The highest BCUT2D eigenvalue weighted by molar-refractivity contribution is 8.00. The van der Waals surface area contributed by atoms with Crippen molar-refractivity contribution in [2.24, 2.45) is 0 Å². The van der Waals surface area contributed by atoms with E-state index in [1.54, 1.807) is 6.07 Å². The molecule has 1 amide bonds. The Labute approximate surface area is 144 Å². The number of carbonyl (C=O) groups excluding carboxylic acids is 1. The topological polar surface area (TPSA) is 47.6 Å². The van der Waals surface area contributed by atoms with Crippen molar-refractivity contribution in [1.29, 1.82) is 0 Å². The van der Waals surface area contributed by atoms with Crippen LogP contribution in [0.15, 0.2) is 47.4 Å². The van der Waals surface area contributed by atoms with Gasteiger partial charge in [0.2, 0.25) is 5.91 Å². The zero-order valence-corrected chi connectivity index (χ0v) is 14.0. The Kier molecular flexibility index (Phi) is 5.31. The molecule has 0 spiro atoms. The molecule has 3 rings (SSSR count). The summed E-state index contributed by atoms with van der Waals surface area (Å²) < 4.78 is 11.2. The van der Waals surface area contributed by atoms with E-state index in [1.165, 1.54) is 11.8 Å². The number of nitrogens with one attached hydrogen (secondary N) is 1. The van der Waals surface area contributed by atoms with Gasteiger partial charge in [-0.3, -0.25) is 4.79 Å². The van der Waals surface area contributed by atoms with E-state index in [0.717, 1.165) is 11.3 Å². The fourth-order valence-electron chi connectivity index (χ4n) is 2.14. The van der Waals surface area contributed by atoms with Crippen molar-refractivity contribution in [2.75, 3.05) is 24.3 Å². The van der Waals surface area contributed by atoms with Crippen LogP contribution in [0.2, 0.25) is 5.02 Å². The molecule has 23 heavy (non-hydrogen) atoms. The highest BCUT2D eigenvalue weighted by atomic mass is 35.5. The van der Waals surface area contributed by atoms with Crippen LogP contribution in [-0.4, -0.2) is 24.9 Å². The molecule has 0 aromatic heterocycles. The molecule has 0 radical (unpaired) electrons. The van der Waals surface area contributed by atoms with Crippen LogP contribution in [0.4, 0.5) is 5.69 Å². The largest absolute Gasteiger partial charge is 0.490 e. The normalized spacial score (nSPS) is 13.3. The number of thioether (sulfide) groups is 1. The van der Waals surface area contributed by atoms with Crippen molar-refractivity contribution in [3.8, 4) is 11.5 Å². The molecule has 0 fully saturated rings. The first kappa shape index (κ1) is 16.0. The van der Waals surface area contributed by atoms with Gasteiger partial charge in [0.15, 0.2) is 11.5 Å². The Balaban J connectivity index is 1.60. The summed E-state index contributed by atoms with van der Waals surface area (Å²) in [6, 6.07) is 12.9. The van der Waals surface area contributed by atoms with Gasteiger partial charge < -0.3 is 14.8 Å². The molecular weight excluding hydrogens is 334 g/mol. The molecule has 1 aliphatic heterocycles. The van der Waals surface area contributed by atoms with Crippen molar-refractivity contribution < 1.29 is 14.3 Å². The number of hydrogen-bond donors (Lipinski definition) is 1.